The molecule has 0 radical (unpaired) electrons. The first-order valence-corrected chi connectivity index (χ1v) is 13.4. The van der Waals surface area contributed by atoms with Crippen LogP contribution in [0.1, 0.15) is 45.4 Å². The maximum absolute atomic E-state index is 13.2. The summed E-state index contributed by atoms with van der Waals surface area (Å²) in [7, 11) is 1.66. The molecule has 1 N–H and O–H groups in total. The second-order valence-electron chi connectivity index (χ2n) is 9.55. The van der Waals surface area contributed by atoms with Crippen molar-refractivity contribution >= 4 is 33.7 Å². The average Bonchev–Trinajstić information content (AvgIpc) is 3.41. The first-order chi connectivity index (χ1) is 17.9. The Morgan fingerprint density at radius 1 is 1.16 bits per heavy atom. The summed E-state index contributed by atoms with van der Waals surface area (Å²) in [5, 5.41) is 9.69. The van der Waals surface area contributed by atoms with Gasteiger partial charge in [0.25, 0.3) is 0 Å². The number of carbonyl (C=O) groups is 1. The minimum Gasteiger partial charge on any atom is -0.496 e. The van der Waals surface area contributed by atoms with E-state index >= 15 is 0 Å². The average molecular weight is 521 g/mol. The van der Waals surface area contributed by atoms with Crippen LogP contribution in [0.4, 0.5) is 5.69 Å². The van der Waals surface area contributed by atoms with E-state index in [-0.39, 0.29) is 11.7 Å². The first kappa shape index (κ1) is 25.4. The third-order valence-electron chi connectivity index (χ3n) is 7.04. The molecule has 1 fully saturated rings. The predicted molar refractivity (Wildman–Crippen MR) is 144 cm³/mol. The van der Waals surface area contributed by atoms with E-state index in [0.29, 0.717) is 31.9 Å². The molecule has 1 aliphatic heterocycles. The van der Waals surface area contributed by atoms with Gasteiger partial charge in [-0.15, -0.1) is 11.3 Å². The Balaban J connectivity index is 1.59. The number of nitrogens with zero attached hydrogens (tertiary/aromatic N) is 3. The number of ether oxygens (including phenoxy) is 2. The summed E-state index contributed by atoms with van der Waals surface area (Å²) in [5.41, 5.74) is 6.19. The van der Waals surface area contributed by atoms with E-state index in [1.54, 1.807) is 18.4 Å². The lowest BCUT2D eigenvalue weighted by Crippen LogP contribution is -2.25. The van der Waals surface area contributed by atoms with Crippen molar-refractivity contribution in [3.8, 4) is 16.9 Å². The summed E-state index contributed by atoms with van der Waals surface area (Å²) in [6.45, 7) is 9.75. The summed E-state index contributed by atoms with van der Waals surface area (Å²) in [6, 6.07) is 4.01. The van der Waals surface area contributed by atoms with Gasteiger partial charge in [-0.05, 0) is 52.7 Å². The van der Waals surface area contributed by atoms with Crippen LogP contribution in [0.3, 0.4) is 0 Å². The number of methoxy groups -OCH3 is 1. The van der Waals surface area contributed by atoms with Crippen molar-refractivity contribution in [2.24, 2.45) is 5.92 Å². The van der Waals surface area contributed by atoms with Crippen LogP contribution in [-0.4, -0.2) is 41.2 Å². The quantitative estimate of drug-likeness (QED) is 0.314. The van der Waals surface area contributed by atoms with Crippen molar-refractivity contribution < 1.29 is 18.8 Å². The maximum atomic E-state index is 13.2. The van der Waals surface area contributed by atoms with Gasteiger partial charge in [0.1, 0.15) is 17.3 Å². The number of aromatic nitrogens is 3. The van der Waals surface area contributed by atoms with Crippen LogP contribution in [0.5, 0.6) is 5.75 Å². The number of anilines is 1. The highest BCUT2D eigenvalue weighted by molar-refractivity contribution is 7.11. The molecule has 37 heavy (non-hydrogen) atoms. The van der Waals surface area contributed by atoms with E-state index in [1.807, 2.05) is 46.0 Å². The van der Waals surface area contributed by atoms with Gasteiger partial charge in [-0.25, -0.2) is 4.98 Å². The number of ketones is 1. The Morgan fingerprint density at radius 2 is 1.95 bits per heavy atom. The van der Waals surface area contributed by atoms with Crippen molar-refractivity contribution in [2.75, 3.05) is 25.6 Å². The number of pyridine rings is 1. The Labute approximate surface area is 220 Å². The monoisotopic (exact) mass is 520 g/mol. The number of carbonyl (C=O) groups excluding carboxylic acids is 1. The number of thiazole rings is 1. The highest BCUT2D eigenvalue weighted by Gasteiger charge is 2.24. The summed E-state index contributed by atoms with van der Waals surface area (Å²) in [4.78, 5) is 23.8. The van der Waals surface area contributed by atoms with Crippen LogP contribution >= 0.6 is 11.3 Å². The van der Waals surface area contributed by atoms with Crippen molar-refractivity contribution in [3.63, 3.8) is 0 Å². The van der Waals surface area contributed by atoms with Gasteiger partial charge >= 0.3 is 0 Å². The van der Waals surface area contributed by atoms with Crippen LogP contribution in [-0.2, 0) is 22.5 Å². The SMILES string of the molecule is COc1cc2c(NCc3sc(C)nc3C)c(CC(=O)C3CCOCC3)cnc2cc1-c1c(C)noc1C. The summed E-state index contributed by atoms with van der Waals surface area (Å²) in [6.07, 6.45) is 3.70. The number of hydrogen-bond donors (Lipinski definition) is 1. The van der Waals surface area contributed by atoms with Crippen molar-refractivity contribution in [3.05, 3.63) is 50.9 Å². The zero-order chi connectivity index (χ0) is 26.1. The molecule has 5 rings (SSSR count). The third kappa shape index (κ3) is 5.10. The zero-order valence-corrected chi connectivity index (χ0v) is 22.8. The number of fused-ring (bicyclic) bond motifs is 1. The molecule has 8 nitrogen and oxygen atoms in total. The van der Waals surface area contributed by atoms with E-state index in [0.717, 1.165) is 68.3 Å². The first-order valence-electron chi connectivity index (χ1n) is 12.6. The number of nitrogens with one attached hydrogen (secondary N) is 1. The normalized spacial score (nSPS) is 14.3. The molecule has 1 saturated heterocycles. The standard InChI is InChI=1S/C28H32N4O4S/c1-15-26(37-18(4)31-15)14-30-28-20(10-24(33)19-6-8-35-9-7-19)13-29-23-11-22(25(34-5)12-21(23)28)27-16(2)32-36-17(27)3/h11-13,19H,6-10,14H2,1-5H3,(H,29,30). The molecule has 194 valence electrons. The smallest absolute Gasteiger partial charge is 0.141 e. The molecular weight excluding hydrogens is 488 g/mol. The lowest BCUT2D eigenvalue weighted by Gasteiger charge is -2.22. The van der Waals surface area contributed by atoms with Gasteiger partial charge in [0.05, 0.1) is 41.1 Å². The van der Waals surface area contributed by atoms with E-state index in [1.165, 1.54) is 4.88 Å². The second-order valence-corrected chi connectivity index (χ2v) is 10.8. The predicted octanol–water partition coefficient (Wildman–Crippen LogP) is 5.74. The highest BCUT2D eigenvalue weighted by atomic mass is 32.1. The molecule has 1 aliphatic rings. The fourth-order valence-corrected chi connectivity index (χ4v) is 5.97. The zero-order valence-electron chi connectivity index (χ0n) is 21.9. The van der Waals surface area contributed by atoms with Crippen LogP contribution in [0.15, 0.2) is 22.9 Å². The lowest BCUT2D eigenvalue weighted by atomic mass is 9.90. The number of hydrogen-bond acceptors (Lipinski definition) is 9. The second kappa shape index (κ2) is 10.6. The molecule has 0 amide bonds. The molecule has 0 aliphatic carbocycles. The molecule has 0 bridgehead atoms. The van der Waals surface area contributed by atoms with Gasteiger partial charge in [0, 0.05) is 58.8 Å². The molecule has 9 heteroatoms. The molecule has 0 atom stereocenters. The largest absolute Gasteiger partial charge is 0.496 e. The van der Waals surface area contributed by atoms with E-state index in [9.17, 15) is 4.79 Å². The van der Waals surface area contributed by atoms with Crippen LogP contribution in [0.2, 0.25) is 0 Å². The van der Waals surface area contributed by atoms with Crippen LogP contribution in [0, 0.1) is 33.6 Å². The van der Waals surface area contributed by atoms with Crippen LogP contribution in [0.25, 0.3) is 22.0 Å². The number of aryl methyl sites for hydroxylation is 4. The van der Waals surface area contributed by atoms with Gasteiger partial charge in [0.2, 0.25) is 0 Å². The fraction of sp³-hybridized carbons (Fsp3) is 0.429. The Kier molecular flexibility index (Phi) is 7.26. The van der Waals surface area contributed by atoms with Gasteiger partial charge in [-0.3, -0.25) is 9.78 Å². The van der Waals surface area contributed by atoms with Gasteiger partial charge in [0.15, 0.2) is 0 Å². The molecule has 0 unspecified atom stereocenters. The highest BCUT2D eigenvalue weighted by Crippen LogP contribution is 2.40. The number of benzene rings is 1. The van der Waals surface area contributed by atoms with Crippen molar-refractivity contribution in [1.82, 2.24) is 15.1 Å². The van der Waals surface area contributed by atoms with Crippen LogP contribution < -0.4 is 10.1 Å². The van der Waals surface area contributed by atoms with Gasteiger partial charge < -0.3 is 19.3 Å². The van der Waals surface area contributed by atoms with Crippen molar-refractivity contribution in [2.45, 2.75) is 53.5 Å². The van der Waals surface area contributed by atoms with E-state index < -0.39 is 0 Å². The van der Waals surface area contributed by atoms with Crippen molar-refractivity contribution in [1.29, 1.82) is 0 Å². The Hall–Kier alpha value is -3.30. The molecule has 4 heterocycles. The Bertz CT molecular complexity index is 1430. The van der Waals surface area contributed by atoms with E-state index in [4.69, 9.17) is 19.0 Å². The minimum absolute atomic E-state index is 0.0279. The summed E-state index contributed by atoms with van der Waals surface area (Å²) < 4.78 is 16.7. The molecule has 0 spiro atoms. The van der Waals surface area contributed by atoms with Gasteiger partial charge in [-0.1, -0.05) is 5.16 Å². The Morgan fingerprint density at radius 3 is 2.59 bits per heavy atom. The molecule has 1 aromatic carbocycles. The molecular formula is C28H32N4O4S. The molecule has 0 saturated carbocycles. The number of Topliss-reactive ketones (excluding diaryl/α,β-unsaturated/α-hetero) is 1. The summed E-state index contributed by atoms with van der Waals surface area (Å²) in [5.74, 6) is 1.68. The van der Waals surface area contributed by atoms with E-state index in [2.05, 4.69) is 15.5 Å². The topological polar surface area (TPSA) is 99.4 Å². The molecule has 4 aromatic rings. The third-order valence-corrected chi connectivity index (χ3v) is 8.11. The summed E-state index contributed by atoms with van der Waals surface area (Å²) >= 11 is 1.68. The van der Waals surface area contributed by atoms with Gasteiger partial charge in [-0.2, -0.15) is 0 Å². The minimum atomic E-state index is 0.0279. The maximum Gasteiger partial charge on any atom is 0.141 e. The lowest BCUT2D eigenvalue weighted by molar-refractivity contribution is -0.125. The number of rotatable bonds is 8. The fourth-order valence-electron chi connectivity index (χ4n) is 5.09. The molecule has 3 aromatic heterocycles.